The number of benzene rings is 2. The van der Waals surface area contributed by atoms with Crippen LogP contribution in [0.1, 0.15) is 63.7 Å². The van der Waals surface area contributed by atoms with Crippen LogP contribution >= 0.6 is 0 Å². The highest BCUT2D eigenvalue weighted by molar-refractivity contribution is 6.00. The smallest absolute Gasteiger partial charge is 0.267 e. The largest absolute Gasteiger partial charge is 0.416 e. The molecule has 0 fully saturated rings. The van der Waals surface area contributed by atoms with Gasteiger partial charge in [0.05, 0.1) is 11.1 Å². The van der Waals surface area contributed by atoms with Crippen LogP contribution in [0.3, 0.4) is 0 Å². The molecular weight excluding hydrogens is 381 g/mol. The molecule has 2 rings (SSSR count). The van der Waals surface area contributed by atoms with Gasteiger partial charge in [-0.1, -0.05) is 23.3 Å². The van der Waals surface area contributed by atoms with E-state index in [1.54, 1.807) is 32.9 Å². The maximum Gasteiger partial charge on any atom is 0.416 e. The summed E-state index contributed by atoms with van der Waals surface area (Å²) >= 11 is 0. The van der Waals surface area contributed by atoms with Gasteiger partial charge in [0, 0.05) is 11.1 Å². The van der Waals surface area contributed by atoms with Crippen LogP contribution in [0.5, 0.6) is 0 Å². The second kappa shape index (κ2) is 7.89. The third-order valence-corrected chi connectivity index (χ3v) is 4.44. The van der Waals surface area contributed by atoms with Crippen molar-refractivity contribution in [3.63, 3.8) is 0 Å². The Morgan fingerprint density at radius 2 is 1.48 bits per heavy atom. The highest BCUT2D eigenvalue weighted by atomic mass is 19.4. The fourth-order valence-electron chi connectivity index (χ4n) is 3.10. The number of aryl methyl sites for hydroxylation is 2. The van der Waals surface area contributed by atoms with Gasteiger partial charge in [0.1, 0.15) is 0 Å². The van der Waals surface area contributed by atoms with Crippen molar-refractivity contribution in [1.29, 1.82) is 0 Å². The first-order chi connectivity index (χ1) is 13.2. The predicted molar refractivity (Wildman–Crippen MR) is 105 cm³/mol. The van der Waals surface area contributed by atoms with E-state index in [9.17, 15) is 22.8 Å². The minimum absolute atomic E-state index is 0.137. The van der Waals surface area contributed by atoms with Gasteiger partial charge in [-0.15, -0.1) is 0 Å². The first-order valence-corrected chi connectivity index (χ1v) is 9.12. The van der Waals surface area contributed by atoms with E-state index < -0.39 is 29.1 Å². The van der Waals surface area contributed by atoms with E-state index in [2.05, 4.69) is 5.43 Å². The number of hydrogen-bond acceptors (Lipinski definition) is 2. The van der Waals surface area contributed by atoms with Crippen molar-refractivity contribution in [2.24, 2.45) is 0 Å². The Kier molecular flexibility index (Phi) is 6.11. The van der Waals surface area contributed by atoms with E-state index in [-0.39, 0.29) is 11.1 Å². The summed E-state index contributed by atoms with van der Waals surface area (Å²) in [7, 11) is 0. The van der Waals surface area contributed by atoms with E-state index in [0.29, 0.717) is 5.56 Å². The van der Waals surface area contributed by atoms with Crippen LogP contribution in [-0.4, -0.2) is 22.4 Å². The summed E-state index contributed by atoms with van der Waals surface area (Å²) in [6.45, 7) is 10.1. The van der Waals surface area contributed by atoms with E-state index >= 15 is 0 Å². The lowest BCUT2D eigenvalue weighted by molar-refractivity contribution is -0.138. The topological polar surface area (TPSA) is 49.4 Å². The molecule has 0 aromatic heterocycles. The van der Waals surface area contributed by atoms with Gasteiger partial charge in [0.15, 0.2) is 0 Å². The molecule has 1 N–H and O–H groups in total. The molecule has 2 amide bonds. The molecular formula is C22H25F3N2O2. The standard InChI is InChI=1S/C22H25F3N2O2/c1-13-10-14(2)12-16(11-13)20(29)27(21(4,5)6)26-19(28)17-8-7-9-18(15(17)3)22(23,24)25/h7-12H,1-6H3,(H,26,28). The number of amides is 2. The number of hydrogen-bond donors (Lipinski definition) is 1. The number of nitrogens with one attached hydrogen (secondary N) is 1. The zero-order chi connectivity index (χ0) is 22.1. The zero-order valence-electron chi connectivity index (χ0n) is 17.4. The van der Waals surface area contributed by atoms with Crippen molar-refractivity contribution in [1.82, 2.24) is 10.4 Å². The number of rotatable bonds is 2. The van der Waals surface area contributed by atoms with E-state index in [1.807, 2.05) is 19.9 Å². The summed E-state index contributed by atoms with van der Waals surface area (Å²) in [5, 5.41) is 1.16. The molecule has 0 radical (unpaired) electrons. The quantitative estimate of drug-likeness (QED) is 0.696. The van der Waals surface area contributed by atoms with Crippen molar-refractivity contribution >= 4 is 11.8 Å². The third kappa shape index (κ3) is 5.16. The normalized spacial score (nSPS) is 11.9. The van der Waals surface area contributed by atoms with Crippen molar-refractivity contribution in [3.8, 4) is 0 Å². The van der Waals surface area contributed by atoms with Gasteiger partial charge in [-0.2, -0.15) is 13.2 Å². The van der Waals surface area contributed by atoms with Crippen LogP contribution in [-0.2, 0) is 6.18 Å². The molecule has 29 heavy (non-hydrogen) atoms. The van der Waals surface area contributed by atoms with Crippen LogP contribution in [0.25, 0.3) is 0 Å². The molecule has 0 bridgehead atoms. The number of alkyl halides is 3. The molecule has 0 heterocycles. The zero-order valence-corrected chi connectivity index (χ0v) is 17.4. The molecule has 0 aliphatic rings. The van der Waals surface area contributed by atoms with Crippen LogP contribution in [0.4, 0.5) is 13.2 Å². The van der Waals surface area contributed by atoms with Crippen LogP contribution < -0.4 is 5.43 Å². The minimum Gasteiger partial charge on any atom is -0.267 e. The van der Waals surface area contributed by atoms with Crippen molar-refractivity contribution in [3.05, 3.63) is 69.8 Å². The van der Waals surface area contributed by atoms with Gasteiger partial charge in [-0.05, 0) is 71.4 Å². The van der Waals surface area contributed by atoms with Gasteiger partial charge < -0.3 is 0 Å². The van der Waals surface area contributed by atoms with Crippen LogP contribution in [0.2, 0.25) is 0 Å². The molecule has 4 nitrogen and oxygen atoms in total. The number of hydrazine groups is 1. The van der Waals surface area contributed by atoms with Gasteiger partial charge in [-0.25, -0.2) is 5.01 Å². The lowest BCUT2D eigenvalue weighted by atomic mass is 10.0. The van der Waals surface area contributed by atoms with Crippen molar-refractivity contribution in [2.75, 3.05) is 0 Å². The van der Waals surface area contributed by atoms with E-state index in [0.717, 1.165) is 22.2 Å². The Morgan fingerprint density at radius 1 is 0.931 bits per heavy atom. The second-order valence-electron chi connectivity index (χ2n) is 8.10. The summed E-state index contributed by atoms with van der Waals surface area (Å²) in [6.07, 6.45) is -4.57. The van der Waals surface area contributed by atoms with Gasteiger partial charge in [-0.3, -0.25) is 15.0 Å². The maximum absolute atomic E-state index is 13.2. The molecule has 2 aromatic rings. The summed E-state index contributed by atoms with van der Waals surface area (Å²) in [6, 6.07) is 8.74. The molecule has 0 saturated carbocycles. The second-order valence-corrected chi connectivity index (χ2v) is 8.10. The molecule has 0 atom stereocenters. The Bertz CT molecular complexity index is 924. The fraction of sp³-hybridized carbons (Fsp3) is 0.364. The molecule has 0 aliphatic carbocycles. The molecule has 0 spiro atoms. The summed E-state index contributed by atoms with van der Waals surface area (Å²) < 4.78 is 39.5. The average molecular weight is 406 g/mol. The summed E-state index contributed by atoms with van der Waals surface area (Å²) in [4.78, 5) is 25.9. The Labute approximate surface area is 168 Å². The third-order valence-electron chi connectivity index (χ3n) is 4.44. The Balaban J connectivity index is 2.42. The van der Waals surface area contributed by atoms with E-state index in [1.165, 1.54) is 19.1 Å². The fourth-order valence-corrected chi connectivity index (χ4v) is 3.10. The molecule has 0 saturated heterocycles. The number of carbonyl (C=O) groups is 2. The number of carbonyl (C=O) groups excluding carboxylic acids is 2. The monoisotopic (exact) mass is 406 g/mol. The van der Waals surface area contributed by atoms with Gasteiger partial charge >= 0.3 is 6.18 Å². The molecule has 0 unspecified atom stereocenters. The average Bonchev–Trinajstić information content (AvgIpc) is 2.56. The van der Waals surface area contributed by atoms with Crippen LogP contribution in [0, 0.1) is 20.8 Å². The van der Waals surface area contributed by atoms with Gasteiger partial charge in [0.25, 0.3) is 11.8 Å². The lowest BCUT2D eigenvalue weighted by Crippen LogP contribution is -2.56. The molecule has 156 valence electrons. The Morgan fingerprint density at radius 3 is 1.97 bits per heavy atom. The molecule has 7 heteroatoms. The van der Waals surface area contributed by atoms with E-state index in [4.69, 9.17) is 0 Å². The highest BCUT2D eigenvalue weighted by Crippen LogP contribution is 2.33. The van der Waals surface area contributed by atoms with Crippen LogP contribution in [0.15, 0.2) is 36.4 Å². The predicted octanol–water partition coefficient (Wildman–Crippen LogP) is 5.22. The summed E-state index contributed by atoms with van der Waals surface area (Å²) in [5.74, 6) is -1.22. The SMILES string of the molecule is Cc1cc(C)cc(C(=O)N(NC(=O)c2cccc(C(F)(F)F)c2C)C(C)(C)C)c1. The lowest BCUT2D eigenvalue weighted by Gasteiger charge is -2.35. The number of halogens is 3. The maximum atomic E-state index is 13.2. The first kappa shape index (κ1) is 22.5. The number of nitrogens with zero attached hydrogens (tertiary/aromatic N) is 1. The summed E-state index contributed by atoms with van der Waals surface area (Å²) in [5.41, 5.74) is 2.66. The van der Waals surface area contributed by atoms with Gasteiger partial charge in [0.2, 0.25) is 0 Å². The highest BCUT2D eigenvalue weighted by Gasteiger charge is 2.35. The Hall–Kier alpha value is -2.83. The molecule has 2 aromatic carbocycles. The van der Waals surface area contributed by atoms with Crippen molar-refractivity contribution < 1.29 is 22.8 Å². The first-order valence-electron chi connectivity index (χ1n) is 9.12. The van der Waals surface area contributed by atoms with Crippen molar-refractivity contribution in [2.45, 2.75) is 53.3 Å². The minimum atomic E-state index is -4.57. The molecule has 0 aliphatic heterocycles.